The minimum Gasteiger partial charge on any atom is -0.794 e. The number of nitrogens with zero attached hydrogens (tertiary/aromatic N) is 2. The van der Waals surface area contributed by atoms with Crippen LogP contribution in [0.1, 0.15) is 6.92 Å². The van der Waals surface area contributed by atoms with E-state index in [1.165, 1.54) is 6.66 Å². The number of fused-ring (bicyclic) bond motifs is 1. The minimum atomic E-state index is -3.54. The maximum Gasteiger partial charge on any atom is 1.00 e. The Morgan fingerprint density at radius 1 is 1.44 bits per heavy atom. The fraction of sp³-hybridized carbons (Fsp3) is 0.300. The molecule has 0 amide bonds. The van der Waals surface area contributed by atoms with Crippen LogP contribution in [0, 0.1) is 0 Å². The molecule has 1 atom stereocenters. The van der Waals surface area contributed by atoms with Gasteiger partial charge in [0.1, 0.15) is 0 Å². The molecule has 0 saturated heterocycles. The molecule has 2 rings (SSSR count). The van der Waals surface area contributed by atoms with Crippen LogP contribution >= 0.6 is 7.37 Å². The molecule has 2 aromatic rings. The van der Waals surface area contributed by atoms with Gasteiger partial charge >= 0.3 is 29.6 Å². The van der Waals surface area contributed by atoms with Crippen LogP contribution < -0.4 is 40.0 Å². The Hall–Kier alpha value is -0.120. The summed E-state index contributed by atoms with van der Waals surface area (Å²) in [4.78, 5) is 15.7. The summed E-state index contributed by atoms with van der Waals surface area (Å²) >= 11 is 0. The Bertz CT molecular complexity index is 547. The zero-order valence-electron chi connectivity index (χ0n) is 9.67. The number of aromatic nitrogens is 2. The van der Waals surface area contributed by atoms with Crippen molar-refractivity contribution >= 4 is 24.0 Å². The predicted molar refractivity (Wildman–Crippen MR) is 58.6 cm³/mol. The quantitative estimate of drug-likeness (QED) is 0.453. The monoisotopic (exact) mass is 246 g/mol. The average Bonchev–Trinajstić information content (AvgIpc) is 2.55. The molecule has 0 saturated carbocycles. The van der Waals surface area contributed by atoms with E-state index in [2.05, 4.69) is 4.98 Å². The van der Waals surface area contributed by atoms with E-state index in [9.17, 15) is 9.46 Å². The number of para-hydroxylation sites is 2. The Morgan fingerprint density at radius 2 is 2.06 bits per heavy atom. The van der Waals surface area contributed by atoms with Gasteiger partial charge in [0.2, 0.25) is 0 Å². The first-order valence-electron chi connectivity index (χ1n) is 4.78. The molecular weight excluding hydrogens is 234 g/mol. The molecule has 0 spiro atoms. The Kier molecular flexibility index (Phi) is 4.38. The summed E-state index contributed by atoms with van der Waals surface area (Å²) in [5.41, 5.74) is 1.77. The van der Waals surface area contributed by atoms with Gasteiger partial charge in [0, 0.05) is 6.54 Å². The van der Waals surface area contributed by atoms with Gasteiger partial charge in [-0.2, -0.15) is 0 Å². The maximum absolute atomic E-state index is 11.5. The second-order valence-corrected chi connectivity index (χ2v) is 5.58. The van der Waals surface area contributed by atoms with Crippen molar-refractivity contribution in [2.75, 3.05) is 6.66 Å². The van der Waals surface area contributed by atoms with Crippen molar-refractivity contribution in [2.24, 2.45) is 0 Å². The van der Waals surface area contributed by atoms with Gasteiger partial charge in [0.05, 0.1) is 18.4 Å². The number of aryl methyl sites for hydroxylation is 1. The van der Waals surface area contributed by atoms with Crippen molar-refractivity contribution in [1.29, 1.82) is 0 Å². The molecule has 0 N–H and O–H groups in total. The summed E-state index contributed by atoms with van der Waals surface area (Å²) in [7, 11) is -3.54. The summed E-state index contributed by atoms with van der Waals surface area (Å²) in [5.74, 6) is 0. The first-order valence-corrected chi connectivity index (χ1v) is 6.85. The van der Waals surface area contributed by atoms with Gasteiger partial charge in [0.15, 0.2) is 5.57 Å². The molecule has 1 unspecified atom stereocenters. The fourth-order valence-corrected chi connectivity index (χ4v) is 2.66. The molecule has 4 nitrogen and oxygen atoms in total. The zero-order valence-corrected chi connectivity index (χ0v) is 12.6. The third-order valence-corrected chi connectivity index (χ3v) is 3.38. The summed E-state index contributed by atoms with van der Waals surface area (Å²) < 4.78 is 13.3. The van der Waals surface area contributed by atoms with Crippen LogP contribution in [-0.2, 0) is 11.1 Å². The van der Waals surface area contributed by atoms with Crippen LogP contribution in [0.2, 0.25) is 0 Å². The molecule has 0 radical (unpaired) electrons. The van der Waals surface area contributed by atoms with Crippen molar-refractivity contribution in [3.63, 3.8) is 0 Å². The standard InChI is InChI=1S/C10H13N2O2P.Na/c1-3-12-9-7-5-4-6-8(9)11-10(12)15(2,13)14;/h4-7H,3H2,1-2H3,(H,13,14);/q;+1/p-1. The van der Waals surface area contributed by atoms with Crippen LogP contribution in [0.4, 0.5) is 0 Å². The fourth-order valence-electron chi connectivity index (χ4n) is 1.68. The first kappa shape index (κ1) is 13.9. The summed E-state index contributed by atoms with van der Waals surface area (Å²) in [5, 5.41) is 0. The van der Waals surface area contributed by atoms with Gasteiger partial charge in [-0.1, -0.05) is 12.1 Å². The number of hydrogen-bond acceptors (Lipinski definition) is 3. The van der Waals surface area contributed by atoms with E-state index >= 15 is 0 Å². The number of rotatable bonds is 2. The Labute approximate surface area is 116 Å². The van der Waals surface area contributed by atoms with Gasteiger partial charge in [0.25, 0.3) is 0 Å². The van der Waals surface area contributed by atoms with Gasteiger partial charge < -0.3 is 14.0 Å². The third-order valence-electron chi connectivity index (χ3n) is 2.31. The summed E-state index contributed by atoms with van der Waals surface area (Å²) in [6.45, 7) is 3.73. The smallest absolute Gasteiger partial charge is 0.794 e. The number of hydrogen-bond donors (Lipinski definition) is 0. The largest absolute Gasteiger partial charge is 1.00 e. The molecule has 1 heterocycles. The Morgan fingerprint density at radius 3 is 2.62 bits per heavy atom. The Balaban J connectivity index is 0.00000128. The van der Waals surface area contributed by atoms with Gasteiger partial charge in [-0.15, -0.1) is 0 Å². The van der Waals surface area contributed by atoms with Crippen LogP contribution in [0.5, 0.6) is 0 Å². The molecule has 1 aromatic heterocycles. The number of benzene rings is 1. The average molecular weight is 246 g/mol. The van der Waals surface area contributed by atoms with Gasteiger partial charge in [-0.3, -0.25) is 0 Å². The summed E-state index contributed by atoms with van der Waals surface area (Å²) in [6, 6.07) is 7.43. The topological polar surface area (TPSA) is 58.0 Å². The van der Waals surface area contributed by atoms with E-state index in [0.29, 0.717) is 6.54 Å². The van der Waals surface area contributed by atoms with Crippen LogP contribution in [0.15, 0.2) is 24.3 Å². The van der Waals surface area contributed by atoms with E-state index in [-0.39, 0.29) is 35.1 Å². The molecule has 6 heteroatoms. The molecule has 0 aliphatic rings. The second-order valence-electron chi connectivity index (χ2n) is 3.49. The van der Waals surface area contributed by atoms with E-state index < -0.39 is 7.37 Å². The minimum absolute atomic E-state index is 0. The first-order chi connectivity index (χ1) is 7.04. The van der Waals surface area contributed by atoms with Crippen LogP contribution in [-0.4, -0.2) is 16.2 Å². The number of imidazole rings is 1. The molecule has 80 valence electrons. The molecule has 1 aromatic carbocycles. The van der Waals surface area contributed by atoms with Crippen molar-refractivity contribution < 1.29 is 39.0 Å². The van der Waals surface area contributed by atoms with E-state index in [0.717, 1.165) is 11.0 Å². The van der Waals surface area contributed by atoms with Gasteiger partial charge in [-0.05, 0) is 25.7 Å². The maximum atomic E-state index is 11.5. The van der Waals surface area contributed by atoms with Crippen LogP contribution in [0.3, 0.4) is 0 Å². The molecule has 0 bridgehead atoms. The third kappa shape index (κ3) is 2.41. The second kappa shape index (κ2) is 5.03. The van der Waals surface area contributed by atoms with Crippen molar-refractivity contribution in [1.82, 2.24) is 9.55 Å². The van der Waals surface area contributed by atoms with Crippen molar-refractivity contribution in [2.45, 2.75) is 13.5 Å². The summed E-state index contributed by atoms with van der Waals surface area (Å²) in [6.07, 6.45) is 0. The molecule has 0 aliphatic heterocycles. The molecular formula is C10H12N2NaO2P. The zero-order chi connectivity index (χ0) is 11.1. The molecule has 0 fully saturated rings. The van der Waals surface area contributed by atoms with E-state index in [4.69, 9.17) is 0 Å². The predicted octanol–water partition coefficient (Wildman–Crippen LogP) is -2.05. The van der Waals surface area contributed by atoms with Gasteiger partial charge in [-0.25, -0.2) is 4.98 Å². The van der Waals surface area contributed by atoms with E-state index in [1.54, 1.807) is 4.57 Å². The normalized spacial score (nSPS) is 14.4. The van der Waals surface area contributed by atoms with Crippen molar-refractivity contribution in [3.05, 3.63) is 24.3 Å². The van der Waals surface area contributed by atoms with Crippen molar-refractivity contribution in [3.8, 4) is 0 Å². The van der Waals surface area contributed by atoms with E-state index in [1.807, 2.05) is 31.2 Å². The molecule has 0 aliphatic carbocycles. The van der Waals surface area contributed by atoms with Crippen LogP contribution in [0.25, 0.3) is 11.0 Å². The SMILES string of the molecule is CCn1c(P(C)(=O)[O-])nc2ccccc21.[Na+]. The molecule has 16 heavy (non-hydrogen) atoms.